The normalized spacial score (nSPS) is 12.2. The number of benzene rings is 1. The van der Waals surface area contributed by atoms with Crippen molar-refractivity contribution in [2.24, 2.45) is 5.73 Å². The second-order valence-corrected chi connectivity index (χ2v) is 3.99. The number of esters is 1. The van der Waals surface area contributed by atoms with Crippen molar-refractivity contribution in [3.63, 3.8) is 0 Å². The molecule has 0 radical (unpaired) electrons. The van der Waals surface area contributed by atoms with Crippen LogP contribution in [0.3, 0.4) is 0 Å². The average Bonchev–Trinajstić information content (AvgIpc) is 2.40. The first kappa shape index (κ1) is 19.8. The van der Waals surface area contributed by atoms with Crippen LogP contribution in [0, 0.1) is 10.1 Å². The maximum atomic E-state index is 13.7. The number of aromatic hydroxyl groups is 2. The molecule has 4 N–H and O–H groups in total. The smallest absolute Gasteiger partial charge is 0.379 e. The van der Waals surface area contributed by atoms with E-state index >= 15 is 0 Å². The zero-order valence-corrected chi connectivity index (χ0v) is 12.0. The lowest BCUT2D eigenvalue weighted by Gasteiger charge is -2.22. The first-order valence-corrected chi connectivity index (χ1v) is 5.63. The van der Waals surface area contributed by atoms with Crippen molar-refractivity contribution in [2.45, 2.75) is 18.9 Å². The molecule has 0 fully saturated rings. The summed E-state index contributed by atoms with van der Waals surface area (Å²) in [5, 5.41) is 29.2. The molecule has 0 spiro atoms. The molecule has 0 aliphatic heterocycles. The zero-order valence-electron chi connectivity index (χ0n) is 11.2. The van der Waals surface area contributed by atoms with E-state index in [2.05, 4.69) is 4.74 Å². The Morgan fingerprint density at radius 3 is 2.50 bits per heavy atom. The van der Waals surface area contributed by atoms with Gasteiger partial charge in [0.15, 0.2) is 5.75 Å². The molecule has 1 aromatic carbocycles. The first-order valence-electron chi connectivity index (χ1n) is 5.63. The highest BCUT2D eigenvalue weighted by atomic mass is 35.5. The van der Waals surface area contributed by atoms with Gasteiger partial charge in [0.05, 0.1) is 11.5 Å². The number of halogens is 3. The third-order valence-electron chi connectivity index (χ3n) is 2.59. The van der Waals surface area contributed by atoms with Crippen molar-refractivity contribution in [1.29, 1.82) is 0 Å². The molecule has 0 amide bonds. The van der Waals surface area contributed by atoms with Gasteiger partial charge >= 0.3 is 17.6 Å². The summed E-state index contributed by atoms with van der Waals surface area (Å²) in [5.41, 5.74) is 3.61. The van der Waals surface area contributed by atoms with Gasteiger partial charge in [-0.05, 0) is 18.6 Å². The molecule has 0 saturated heterocycles. The van der Waals surface area contributed by atoms with Gasteiger partial charge in [-0.15, -0.1) is 12.4 Å². The topological polar surface area (TPSA) is 136 Å². The minimum absolute atomic E-state index is 0. The summed E-state index contributed by atoms with van der Waals surface area (Å²) < 4.78 is 31.6. The largest absolute Gasteiger partial charge is 0.504 e. The number of alkyl halides is 2. The first-order chi connectivity index (χ1) is 9.62. The van der Waals surface area contributed by atoms with Crippen LogP contribution < -0.4 is 5.73 Å². The maximum absolute atomic E-state index is 13.7. The van der Waals surface area contributed by atoms with Crippen LogP contribution in [0.4, 0.5) is 14.5 Å². The van der Waals surface area contributed by atoms with Gasteiger partial charge in [0.1, 0.15) is 6.04 Å². The van der Waals surface area contributed by atoms with E-state index in [1.54, 1.807) is 0 Å². The minimum Gasteiger partial charge on any atom is -0.504 e. The average molecular weight is 343 g/mol. The molecule has 124 valence electrons. The van der Waals surface area contributed by atoms with Crippen LogP contribution in [0.2, 0.25) is 0 Å². The SMILES string of the molecule is CCOC(=O)C(F)(F)[C@@H](N)c1cc(O)c(O)c([N+](=O)[O-])c1.Cl. The summed E-state index contributed by atoms with van der Waals surface area (Å²) in [6, 6.07) is -1.13. The van der Waals surface area contributed by atoms with Gasteiger partial charge in [-0.1, -0.05) is 0 Å². The molecule has 1 atom stereocenters. The lowest BCUT2D eigenvalue weighted by Crippen LogP contribution is -2.41. The number of phenols is 2. The number of nitro benzene ring substituents is 1. The van der Waals surface area contributed by atoms with E-state index in [4.69, 9.17) is 5.73 Å². The number of nitrogens with two attached hydrogens (primary N) is 1. The van der Waals surface area contributed by atoms with Crippen LogP contribution in [-0.2, 0) is 9.53 Å². The summed E-state index contributed by atoms with van der Waals surface area (Å²) in [5.74, 6) is -8.15. The van der Waals surface area contributed by atoms with Crippen molar-refractivity contribution >= 4 is 24.1 Å². The molecule has 0 aromatic heterocycles. The summed E-state index contributed by atoms with van der Waals surface area (Å²) in [6.45, 7) is 1.01. The maximum Gasteiger partial charge on any atom is 0.379 e. The number of phenolic OH excluding ortho intramolecular Hbond substituents is 2. The molecular formula is C11H13ClF2N2O6. The van der Waals surface area contributed by atoms with Gasteiger partial charge in [0.25, 0.3) is 0 Å². The van der Waals surface area contributed by atoms with E-state index < -0.39 is 45.6 Å². The molecule has 0 heterocycles. The third kappa shape index (κ3) is 3.71. The summed E-state index contributed by atoms with van der Waals surface area (Å²) in [7, 11) is 0. The standard InChI is InChI=1S/C11H12F2N2O6.ClH/c1-2-21-10(18)11(12,13)9(14)5-3-6(15(19)20)8(17)7(16)4-5;/h3-4,9,16-17H,2,14H2,1H3;1H/t9-;/m0./s1. The third-order valence-corrected chi connectivity index (χ3v) is 2.59. The van der Waals surface area contributed by atoms with Crippen LogP contribution in [0.15, 0.2) is 12.1 Å². The second kappa shape index (κ2) is 7.18. The number of hydrogen-bond donors (Lipinski definition) is 3. The van der Waals surface area contributed by atoms with E-state index in [0.717, 1.165) is 0 Å². The van der Waals surface area contributed by atoms with Gasteiger partial charge in [0.2, 0.25) is 5.75 Å². The quantitative estimate of drug-likeness (QED) is 0.320. The van der Waals surface area contributed by atoms with E-state index in [1.165, 1.54) is 6.92 Å². The van der Waals surface area contributed by atoms with Gasteiger partial charge in [-0.3, -0.25) is 10.1 Å². The van der Waals surface area contributed by atoms with Crippen LogP contribution in [-0.4, -0.2) is 33.6 Å². The Bertz CT molecular complexity index is 584. The van der Waals surface area contributed by atoms with E-state index in [1.807, 2.05) is 0 Å². The fourth-order valence-electron chi connectivity index (χ4n) is 1.51. The molecule has 22 heavy (non-hydrogen) atoms. The van der Waals surface area contributed by atoms with Gasteiger partial charge in [-0.25, -0.2) is 4.79 Å². The van der Waals surface area contributed by atoms with Gasteiger partial charge in [0, 0.05) is 6.07 Å². The fraction of sp³-hybridized carbons (Fsp3) is 0.364. The number of carbonyl (C=O) groups excluding carboxylic acids is 1. The number of ether oxygens (including phenoxy) is 1. The molecule has 0 aliphatic carbocycles. The fourth-order valence-corrected chi connectivity index (χ4v) is 1.51. The summed E-state index contributed by atoms with van der Waals surface area (Å²) >= 11 is 0. The predicted molar refractivity (Wildman–Crippen MR) is 72.2 cm³/mol. The zero-order chi connectivity index (χ0) is 16.4. The van der Waals surface area contributed by atoms with Crippen molar-refractivity contribution in [2.75, 3.05) is 6.61 Å². The minimum atomic E-state index is -4.16. The van der Waals surface area contributed by atoms with Crippen molar-refractivity contribution < 1.29 is 33.4 Å². The van der Waals surface area contributed by atoms with E-state index in [-0.39, 0.29) is 19.0 Å². The second-order valence-electron chi connectivity index (χ2n) is 3.99. The summed E-state index contributed by atoms with van der Waals surface area (Å²) in [4.78, 5) is 20.7. The lowest BCUT2D eigenvalue weighted by atomic mass is 10.00. The molecule has 11 heteroatoms. The monoisotopic (exact) mass is 342 g/mol. The highest BCUT2D eigenvalue weighted by molar-refractivity contribution is 5.85. The Labute approximate surface area is 129 Å². The predicted octanol–water partition coefficient (Wildman–Crippen LogP) is 1.63. The van der Waals surface area contributed by atoms with Crippen molar-refractivity contribution in [1.82, 2.24) is 0 Å². The Morgan fingerprint density at radius 2 is 2.05 bits per heavy atom. The number of hydrogen-bond acceptors (Lipinski definition) is 7. The van der Waals surface area contributed by atoms with Crippen LogP contribution in [0.1, 0.15) is 18.5 Å². The van der Waals surface area contributed by atoms with E-state index in [9.17, 15) is 33.9 Å². The Balaban J connectivity index is 0.00000441. The Morgan fingerprint density at radius 1 is 1.50 bits per heavy atom. The van der Waals surface area contributed by atoms with Crippen LogP contribution >= 0.6 is 12.4 Å². The van der Waals surface area contributed by atoms with Crippen LogP contribution in [0.5, 0.6) is 11.5 Å². The molecule has 0 bridgehead atoms. The number of nitrogens with zero attached hydrogens (tertiary/aromatic N) is 1. The molecular weight excluding hydrogens is 330 g/mol. The Hall–Kier alpha value is -2.20. The van der Waals surface area contributed by atoms with Crippen molar-refractivity contribution in [3.8, 4) is 11.5 Å². The molecule has 1 aromatic rings. The van der Waals surface area contributed by atoms with Crippen LogP contribution in [0.25, 0.3) is 0 Å². The molecule has 0 saturated carbocycles. The molecule has 0 unspecified atom stereocenters. The number of rotatable bonds is 5. The lowest BCUT2D eigenvalue weighted by molar-refractivity contribution is -0.386. The number of nitro groups is 1. The highest BCUT2D eigenvalue weighted by Gasteiger charge is 2.48. The van der Waals surface area contributed by atoms with Crippen molar-refractivity contribution in [3.05, 3.63) is 27.8 Å². The highest BCUT2D eigenvalue weighted by Crippen LogP contribution is 2.40. The van der Waals surface area contributed by atoms with Gasteiger partial charge in [-0.2, -0.15) is 8.78 Å². The molecule has 1 rings (SSSR count). The van der Waals surface area contributed by atoms with Gasteiger partial charge < -0.3 is 20.7 Å². The molecule has 0 aliphatic rings. The number of carbonyl (C=O) groups is 1. The summed E-state index contributed by atoms with van der Waals surface area (Å²) in [6.07, 6.45) is 0. The molecule has 8 nitrogen and oxygen atoms in total. The Kier molecular flexibility index (Phi) is 6.46. The van der Waals surface area contributed by atoms with E-state index in [0.29, 0.717) is 12.1 Å².